The lowest BCUT2D eigenvalue weighted by Gasteiger charge is -2.15. The Hall–Kier alpha value is 0.310. The first-order valence-corrected chi connectivity index (χ1v) is 6.83. The standard InChI is InChI=1S/C12H25NS/c1-2-12-7-9-13(11-12)8-5-3-4-6-10-14/h12,14H,2-11H2,1H3. The number of thiol groups is 1. The van der Waals surface area contributed by atoms with E-state index in [4.69, 9.17) is 0 Å². The Morgan fingerprint density at radius 2 is 2.00 bits per heavy atom. The third kappa shape index (κ3) is 4.70. The van der Waals surface area contributed by atoms with Crippen molar-refractivity contribution in [2.24, 2.45) is 5.92 Å². The monoisotopic (exact) mass is 215 g/mol. The van der Waals surface area contributed by atoms with Crippen molar-refractivity contribution in [3.63, 3.8) is 0 Å². The molecule has 0 radical (unpaired) electrons. The summed E-state index contributed by atoms with van der Waals surface area (Å²) in [7, 11) is 0. The van der Waals surface area contributed by atoms with Crippen LogP contribution in [0.1, 0.15) is 45.4 Å². The number of unbranched alkanes of at least 4 members (excludes halogenated alkanes) is 3. The van der Waals surface area contributed by atoms with Crippen LogP contribution in [-0.4, -0.2) is 30.3 Å². The van der Waals surface area contributed by atoms with Crippen molar-refractivity contribution in [1.82, 2.24) is 4.90 Å². The van der Waals surface area contributed by atoms with Gasteiger partial charge < -0.3 is 4.90 Å². The average Bonchev–Trinajstić information content (AvgIpc) is 2.65. The van der Waals surface area contributed by atoms with E-state index in [0.717, 1.165) is 11.7 Å². The van der Waals surface area contributed by atoms with Gasteiger partial charge in [0.2, 0.25) is 0 Å². The van der Waals surface area contributed by atoms with Crippen molar-refractivity contribution in [1.29, 1.82) is 0 Å². The van der Waals surface area contributed by atoms with Crippen LogP contribution in [0.15, 0.2) is 0 Å². The maximum Gasteiger partial charge on any atom is 0.00100 e. The maximum atomic E-state index is 4.22. The van der Waals surface area contributed by atoms with Crippen molar-refractivity contribution < 1.29 is 0 Å². The first-order valence-electron chi connectivity index (χ1n) is 6.20. The maximum absolute atomic E-state index is 4.22. The molecular weight excluding hydrogens is 190 g/mol. The average molecular weight is 215 g/mol. The van der Waals surface area contributed by atoms with E-state index in [0.29, 0.717) is 0 Å². The minimum atomic E-state index is 0.993. The SMILES string of the molecule is CCC1CCN(CCCCCCS)C1. The van der Waals surface area contributed by atoms with Crippen LogP contribution in [0.5, 0.6) is 0 Å². The zero-order valence-corrected chi connectivity index (χ0v) is 10.4. The molecule has 0 saturated carbocycles. The second-order valence-corrected chi connectivity index (χ2v) is 4.95. The molecule has 1 aliphatic heterocycles. The van der Waals surface area contributed by atoms with Gasteiger partial charge in [0.25, 0.3) is 0 Å². The number of hydrogen-bond donors (Lipinski definition) is 1. The summed E-state index contributed by atoms with van der Waals surface area (Å²) in [6.07, 6.45) is 8.26. The Morgan fingerprint density at radius 1 is 1.21 bits per heavy atom. The number of likely N-dealkylation sites (tertiary alicyclic amines) is 1. The number of nitrogens with zero attached hydrogens (tertiary/aromatic N) is 1. The molecule has 1 atom stereocenters. The van der Waals surface area contributed by atoms with Crippen molar-refractivity contribution >= 4 is 12.6 Å². The molecule has 0 aliphatic carbocycles. The van der Waals surface area contributed by atoms with Gasteiger partial charge in [-0.05, 0) is 44.0 Å². The number of rotatable bonds is 7. The molecule has 14 heavy (non-hydrogen) atoms. The van der Waals surface area contributed by atoms with Gasteiger partial charge >= 0.3 is 0 Å². The highest BCUT2D eigenvalue weighted by Crippen LogP contribution is 2.19. The lowest BCUT2D eigenvalue weighted by molar-refractivity contribution is 0.313. The fourth-order valence-electron chi connectivity index (χ4n) is 2.25. The molecule has 0 bridgehead atoms. The van der Waals surface area contributed by atoms with E-state index in [1.165, 1.54) is 58.2 Å². The van der Waals surface area contributed by atoms with Gasteiger partial charge in [0.15, 0.2) is 0 Å². The van der Waals surface area contributed by atoms with Gasteiger partial charge in [-0.1, -0.05) is 26.2 Å². The minimum absolute atomic E-state index is 0.993. The van der Waals surface area contributed by atoms with E-state index in [-0.39, 0.29) is 0 Å². The molecule has 0 aromatic rings. The fraction of sp³-hybridized carbons (Fsp3) is 1.00. The van der Waals surface area contributed by atoms with Crippen LogP contribution in [0.4, 0.5) is 0 Å². The topological polar surface area (TPSA) is 3.24 Å². The summed E-state index contributed by atoms with van der Waals surface area (Å²) in [5.41, 5.74) is 0. The minimum Gasteiger partial charge on any atom is -0.303 e. The van der Waals surface area contributed by atoms with Crippen LogP contribution in [-0.2, 0) is 0 Å². The predicted molar refractivity (Wildman–Crippen MR) is 67.2 cm³/mol. The Morgan fingerprint density at radius 3 is 2.64 bits per heavy atom. The van der Waals surface area contributed by atoms with Gasteiger partial charge in [-0.25, -0.2) is 0 Å². The lowest BCUT2D eigenvalue weighted by Crippen LogP contribution is -2.21. The first-order chi connectivity index (χ1) is 6.86. The van der Waals surface area contributed by atoms with E-state index in [2.05, 4.69) is 24.5 Å². The highest BCUT2D eigenvalue weighted by molar-refractivity contribution is 7.80. The van der Waals surface area contributed by atoms with Crippen LogP contribution in [0.2, 0.25) is 0 Å². The molecule has 1 aliphatic rings. The molecule has 1 heterocycles. The molecule has 84 valence electrons. The smallest absolute Gasteiger partial charge is 0.00100 e. The van der Waals surface area contributed by atoms with E-state index in [1.54, 1.807) is 0 Å². The zero-order chi connectivity index (χ0) is 10.2. The second-order valence-electron chi connectivity index (χ2n) is 4.50. The van der Waals surface area contributed by atoms with Gasteiger partial charge in [-0.2, -0.15) is 12.6 Å². The quantitative estimate of drug-likeness (QED) is 0.504. The Bertz CT molecular complexity index is 138. The van der Waals surface area contributed by atoms with Gasteiger partial charge in [-0.15, -0.1) is 0 Å². The Labute approximate surface area is 94.7 Å². The molecule has 1 saturated heterocycles. The molecule has 1 unspecified atom stereocenters. The summed E-state index contributed by atoms with van der Waals surface area (Å²) in [5.74, 6) is 2.05. The summed E-state index contributed by atoms with van der Waals surface area (Å²) in [5, 5.41) is 0. The van der Waals surface area contributed by atoms with Crippen molar-refractivity contribution in [2.45, 2.75) is 45.4 Å². The summed E-state index contributed by atoms with van der Waals surface area (Å²) in [4.78, 5) is 2.65. The molecule has 0 aromatic carbocycles. The normalized spacial score (nSPS) is 23.1. The van der Waals surface area contributed by atoms with E-state index in [9.17, 15) is 0 Å². The van der Waals surface area contributed by atoms with E-state index < -0.39 is 0 Å². The summed E-state index contributed by atoms with van der Waals surface area (Å²) < 4.78 is 0. The molecule has 1 fully saturated rings. The van der Waals surface area contributed by atoms with Gasteiger partial charge in [-0.3, -0.25) is 0 Å². The fourth-order valence-corrected chi connectivity index (χ4v) is 2.47. The van der Waals surface area contributed by atoms with Crippen molar-refractivity contribution in [3.05, 3.63) is 0 Å². The molecule has 2 heteroatoms. The summed E-state index contributed by atoms with van der Waals surface area (Å²) in [6, 6.07) is 0. The van der Waals surface area contributed by atoms with Crippen molar-refractivity contribution in [3.8, 4) is 0 Å². The first kappa shape index (κ1) is 12.4. The zero-order valence-electron chi connectivity index (χ0n) is 9.54. The van der Waals surface area contributed by atoms with E-state index >= 15 is 0 Å². The summed E-state index contributed by atoms with van der Waals surface area (Å²) in [6.45, 7) is 6.37. The highest BCUT2D eigenvalue weighted by atomic mass is 32.1. The van der Waals surface area contributed by atoms with Crippen LogP contribution >= 0.6 is 12.6 Å². The number of hydrogen-bond acceptors (Lipinski definition) is 2. The predicted octanol–water partition coefficient (Wildman–Crippen LogP) is 3.21. The molecule has 0 spiro atoms. The second kappa shape index (κ2) is 7.58. The van der Waals surface area contributed by atoms with Crippen molar-refractivity contribution in [2.75, 3.05) is 25.4 Å². The summed E-state index contributed by atoms with van der Waals surface area (Å²) >= 11 is 4.22. The van der Waals surface area contributed by atoms with Gasteiger partial charge in [0.05, 0.1) is 0 Å². The van der Waals surface area contributed by atoms with E-state index in [1.807, 2.05) is 0 Å². The van der Waals surface area contributed by atoms with Crippen LogP contribution in [0.25, 0.3) is 0 Å². The third-order valence-corrected chi connectivity index (χ3v) is 3.65. The van der Waals surface area contributed by atoms with Gasteiger partial charge in [0.1, 0.15) is 0 Å². The van der Waals surface area contributed by atoms with Crippen LogP contribution in [0, 0.1) is 5.92 Å². The molecule has 0 aromatic heterocycles. The molecule has 0 N–H and O–H groups in total. The molecular formula is C12H25NS. The lowest BCUT2D eigenvalue weighted by atomic mass is 10.1. The Kier molecular flexibility index (Phi) is 6.70. The van der Waals surface area contributed by atoms with Crippen LogP contribution in [0.3, 0.4) is 0 Å². The molecule has 0 amide bonds. The molecule has 1 nitrogen and oxygen atoms in total. The third-order valence-electron chi connectivity index (χ3n) is 3.33. The molecule has 1 rings (SSSR count). The van der Waals surface area contributed by atoms with Crippen LogP contribution < -0.4 is 0 Å². The Balaban J connectivity index is 1.92. The largest absolute Gasteiger partial charge is 0.303 e. The van der Waals surface area contributed by atoms with Gasteiger partial charge in [0, 0.05) is 6.54 Å². The highest BCUT2D eigenvalue weighted by Gasteiger charge is 2.19.